The molecule has 1 amide bonds. The van der Waals surface area contributed by atoms with Crippen LogP contribution >= 0.6 is 11.6 Å². The summed E-state index contributed by atoms with van der Waals surface area (Å²) >= 11 is 6.49. The maximum atomic E-state index is 11.6. The number of aromatic amines is 1. The van der Waals surface area contributed by atoms with Crippen molar-refractivity contribution in [3.05, 3.63) is 54.3 Å². The molecule has 1 aliphatic heterocycles. The highest BCUT2D eigenvalue weighted by molar-refractivity contribution is 6.33. The Kier molecular flexibility index (Phi) is 6.33. The van der Waals surface area contributed by atoms with Gasteiger partial charge in [0.15, 0.2) is 0 Å². The Bertz CT molecular complexity index is 1160. The lowest BCUT2D eigenvalue weighted by molar-refractivity contribution is -0.117. The Hall–Kier alpha value is -2.90. The van der Waals surface area contributed by atoms with Gasteiger partial charge in [0, 0.05) is 53.9 Å². The minimum atomic E-state index is -0.0871. The van der Waals surface area contributed by atoms with Crippen LogP contribution in [0.25, 0.3) is 22.2 Å². The molecule has 172 valence electrons. The Morgan fingerprint density at radius 3 is 3.00 bits per heavy atom. The minimum Gasteiger partial charge on any atom is -0.360 e. The summed E-state index contributed by atoms with van der Waals surface area (Å²) in [5.41, 5.74) is 2.77. The van der Waals surface area contributed by atoms with Gasteiger partial charge in [-0.1, -0.05) is 36.4 Å². The number of para-hydroxylation sites is 1. The molecular weight excluding hydrogens is 436 g/mol. The van der Waals surface area contributed by atoms with Gasteiger partial charge in [0.2, 0.25) is 11.9 Å². The van der Waals surface area contributed by atoms with E-state index in [1.165, 1.54) is 12.5 Å². The molecule has 3 heterocycles. The number of nitrogens with zero attached hydrogens (tertiary/aromatic N) is 3. The van der Waals surface area contributed by atoms with Crippen LogP contribution in [0.2, 0.25) is 5.02 Å². The molecule has 3 N–H and O–H groups in total. The van der Waals surface area contributed by atoms with Crippen LogP contribution in [-0.4, -0.2) is 57.0 Å². The molecule has 2 aromatic heterocycles. The summed E-state index contributed by atoms with van der Waals surface area (Å²) in [6, 6.07) is 9.15. The van der Waals surface area contributed by atoms with E-state index in [0.717, 1.165) is 60.9 Å². The zero-order chi connectivity index (χ0) is 22.8. The van der Waals surface area contributed by atoms with Crippen LogP contribution in [0.5, 0.6) is 0 Å². The van der Waals surface area contributed by atoms with Gasteiger partial charge in [-0.05, 0) is 44.2 Å². The first-order chi connectivity index (χ1) is 16.1. The normalized spacial score (nSPS) is 23.5. The summed E-state index contributed by atoms with van der Waals surface area (Å²) in [7, 11) is 0. The molecule has 0 bridgehead atoms. The average Bonchev–Trinajstić information content (AvgIpc) is 3.48. The Labute approximate surface area is 198 Å². The largest absolute Gasteiger partial charge is 0.360 e. The molecule has 3 aromatic rings. The van der Waals surface area contributed by atoms with E-state index in [4.69, 9.17) is 16.6 Å². The molecule has 0 spiro atoms. The van der Waals surface area contributed by atoms with E-state index in [1.807, 2.05) is 24.4 Å². The van der Waals surface area contributed by atoms with Crippen molar-refractivity contribution in [3.8, 4) is 11.3 Å². The van der Waals surface area contributed by atoms with E-state index < -0.39 is 0 Å². The van der Waals surface area contributed by atoms with Crippen LogP contribution in [-0.2, 0) is 4.79 Å². The number of H-pyrrole nitrogens is 1. The van der Waals surface area contributed by atoms with E-state index >= 15 is 0 Å². The van der Waals surface area contributed by atoms with Gasteiger partial charge in [-0.3, -0.25) is 9.69 Å². The highest BCUT2D eigenvalue weighted by atomic mass is 35.5. The van der Waals surface area contributed by atoms with Crippen LogP contribution < -0.4 is 10.6 Å². The zero-order valence-electron chi connectivity index (χ0n) is 18.6. The van der Waals surface area contributed by atoms with Crippen molar-refractivity contribution < 1.29 is 4.79 Å². The number of halogens is 1. The smallest absolute Gasteiger partial charge is 0.243 e. The molecule has 0 radical (unpaired) electrons. The molecule has 7 nitrogen and oxygen atoms in total. The highest BCUT2D eigenvalue weighted by Crippen LogP contribution is 2.33. The second kappa shape index (κ2) is 9.53. The minimum absolute atomic E-state index is 0.0871. The Morgan fingerprint density at radius 1 is 1.24 bits per heavy atom. The number of likely N-dealkylation sites (tertiary alicyclic amines) is 1. The number of aromatic nitrogens is 3. The van der Waals surface area contributed by atoms with E-state index in [2.05, 4.69) is 38.1 Å². The van der Waals surface area contributed by atoms with E-state index in [-0.39, 0.29) is 11.9 Å². The fourth-order valence-corrected chi connectivity index (χ4v) is 5.39. The molecule has 2 fully saturated rings. The third kappa shape index (κ3) is 4.75. The quantitative estimate of drug-likeness (QED) is 0.471. The number of nitrogens with one attached hydrogen (secondary N) is 3. The molecule has 1 aliphatic carbocycles. The summed E-state index contributed by atoms with van der Waals surface area (Å²) in [4.78, 5) is 26.7. The Balaban J connectivity index is 1.27. The number of fused-ring (bicyclic) bond motifs is 1. The van der Waals surface area contributed by atoms with Crippen LogP contribution in [0.3, 0.4) is 0 Å². The van der Waals surface area contributed by atoms with E-state index in [1.54, 1.807) is 6.20 Å². The molecule has 3 atom stereocenters. The first-order valence-electron chi connectivity index (χ1n) is 11.6. The molecule has 1 aromatic carbocycles. The zero-order valence-corrected chi connectivity index (χ0v) is 19.3. The topological polar surface area (TPSA) is 85.9 Å². The maximum Gasteiger partial charge on any atom is 0.243 e. The third-order valence-electron chi connectivity index (χ3n) is 6.84. The van der Waals surface area contributed by atoms with Crippen molar-refractivity contribution in [1.29, 1.82) is 0 Å². The number of benzene rings is 1. The lowest BCUT2D eigenvalue weighted by Crippen LogP contribution is -2.43. The number of carbonyl (C=O) groups is 1. The van der Waals surface area contributed by atoms with Gasteiger partial charge < -0.3 is 15.6 Å². The van der Waals surface area contributed by atoms with Gasteiger partial charge in [0.25, 0.3) is 0 Å². The number of carbonyl (C=O) groups excluding carboxylic acids is 1. The molecule has 2 aliphatic rings. The predicted octanol–water partition coefficient (Wildman–Crippen LogP) is 4.38. The first kappa shape index (κ1) is 21.9. The van der Waals surface area contributed by atoms with E-state index in [9.17, 15) is 4.79 Å². The standard InChI is InChI=1S/C25H29ClN6O/c1-2-23(33)29-17-10-11-32(15-17)18-7-5-6-16(12-18)30-25-28-14-21(26)24(31-25)20-13-27-22-9-4-3-8-19(20)22/h2-4,8-9,13-14,16-18,27H,1,5-7,10-12,15H2,(H,29,33)(H,28,30,31)/t16-,17?,18+/m1/s1. The monoisotopic (exact) mass is 464 g/mol. The van der Waals surface area contributed by atoms with E-state index in [0.29, 0.717) is 23.1 Å². The van der Waals surface area contributed by atoms with Gasteiger partial charge in [-0.2, -0.15) is 0 Å². The van der Waals surface area contributed by atoms with Gasteiger partial charge in [-0.15, -0.1) is 0 Å². The van der Waals surface area contributed by atoms with Crippen molar-refractivity contribution in [3.63, 3.8) is 0 Å². The average molecular weight is 465 g/mol. The van der Waals surface area contributed by atoms with Crippen molar-refractivity contribution in [2.45, 2.75) is 50.2 Å². The summed E-state index contributed by atoms with van der Waals surface area (Å²) in [5, 5.41) is 8.23. The van der Waals surface area contributed by atoms with Gasteiger partial charge in [-0.25, -0.2) is 9.97 Å². The SMILES string of the molecule is C=CC(=O)NC1CCN([C@H]2CCC[C@@H](Nc3ncc(Cl)c(-c4c[nH]c5ccccc45)n3)C2)C1. The lowest BCUT2D eigenvalue weighted by Gasteiger charge is -2.35. The molecule has 8 heteroatoms. The van der Waals surface area contributed by atoms with Crippen LogP contribution in [0.1, 0.15) is 32.1 Å². The fraction of sp³-hybridized carbons (Fsp3) is 0.400. The van der Waals surface area contributed by atoms with Gasteiger partial charge >= 0.3 is 0 Å². The molecule has 1 saturated heterocycles. The van der Waals surface area contributed by atoms with Crippen molar-refractivity contribution >= 4 is 34.4 Å². The molecule has 5 rings (SSSR count). The fourth-order valence-electron chi connectivity index (χ4n) is 5.20. The van der Waals surface area contributed by atoms with Crippen LogP contribution in [0.15, 0.2) is 49.3 Å². The third-order valence-corrected chi connectivity index (χ3v) is 7.11. The summed E-state index contributed by atoms with van der Waals surface area (Å²) in [6.45, 7) is 5.47. The van der Waals surface area contributed by atoms with Gasteiger partial charge in [0.1, 0.15) is 0 Å². The number of hydrogen-bond acceptors (Lipinski definition) is 5. The first-order valence-corrected chi connectivity index (χ1v) is 12.0. The number of amides is 1. The second-order valence-electron chi connectivity index (χ2n) is 8.99. The molecular formula is C25H29ClN6O. The second-order valence-corrected chi connectivity index (χ2v) is 9.40. The predicted molar refractivity (Wildman–Crippen MR) is 132 cm³/mol. The number of anilines is 1. The van der Waals surface area contributed by atoms with Crippen LogP contribution in [0, 0.1) is 0 Å². The molecule has 1 saturated carbocycles. The Morgan fingerprint density at radius 2 is 2.12 bits per heavy atom. The number of rotatable bonds is 6. The van der Waals surface area contributed by atoms with Gasteiger partial charge in [0.05, 0.1) is 16.9 Å². The highest BCUT2D eigenvalue weighted by Gasteiger charge is 2.32. The summed E-state index contributed by atoms with van der Waals surface area (Å²) in [5.74, 6) is 0.527. The molecule has 33 heavy (non-hydrogen) atoms. The lowest BCUT2D eigenvalue weighted by atomic mass is 9.90. The van der Waals surface area contributed by atoms with Crippen molar-refractivity contribution in [2.24, 2.45) is 0 Å². The maximum absolute atomic E-state index is 11.6. The molecule has 1 unspecified atom stereocenters. The summed E-state index contributed by atoms with van der Waals surface area (Å²) in [6.07, 6.45) is 10.4. The van der Waals surface area contributed by atoms with Crippen molar-refractivity contribution in [2.75, 3.05) is 18.4 Å². The number of hydrogen-bond donors (Lipinski definition) is 3. The summed E-state index contributed by atoms with van der Waals surface area (Å²) < 4.78 is 0. The van der Waals surface area contributed by atoms with Crippen molar-refractivity contribution in [1.82, 2.24) is 25.2 Å². The van der Waals surface area contributed by atoms with Crippen LogP contribution in [0.4, 0.5) is 5.95 Å².